The fourth-order valence-electron chi connectivity index (χ4n) is 2.59. The normalized spacial score (nSPS) is 18.9. The largest absolute Gasteiger partial charge is 0.315 e. The second-order valence-electron chi connectivity index (χ2n) is 6.31. The molecule has 18 heavy (non-hydrogen) atoms. The average molecular weight is 250 g/mol. The van der Waals surface area contributed by atoms with E-state index in [4.69, 9.17) is 0 Å². The highest BCUT2D eigenvalue weighted by Crippen LogP contribution is 2.25. The SMILES string of the molecule is Cn1cc(CN2CCCNCC2)c(C(C)(C)C)n1. The Morgan fingerprint density at radius 1 is 1.28 bits per heavy atom. The van der Waals surface area contributed by atoms with Gasteiger partial charge in [0.25, 0.3) is 0 Å². The summed E-state index contributed by atoms with van der Waals surface area (Å²) >= 11 is 0. The maximum Gasteiger partial charge on any atom is 0.0722 e. The Morgan fingerprint density at radius 3 is 2.78 bits per heavy atom. The Kier molecular flexibility index (Phi) is 4.07. The molecule has 102 valence electrons. The Balaban J connectivity index is 2.12. The zero-order valence-corrected chi connectivity index (χ0v) is 12.2. The highest BCUT2D eigenvalue weighted by Gasteiger charge is 2.23. The Labute approximate surface area is 110 Å². The molecule has 1 aromatic heterocycles. The van der Waals surface area contributed by atoms with E-state index in [-0.39, 0.29) is 5.41 Å². The Hall–Kier alpha value is -0.870. The van der Waals surface area contributed by atoms with Crippen LogP contribution in [0.15, 0.2) is 6.20 Å². The number of aromatic nitrogens is 2. The minimum atomic E-state index is 0.126. The van der Waals surface area contributed by atoms with E-state index in [1.807, 2.05) is 11.7 Å². The van der Waals surface area contributed by atoms with Crippen molar-refractivity contribution in [2.24, 2.45) is 7.05 Å². The summed E-state index contributed by atoms with van der Waals surface area (Å²) in [5, 5.41) is 8.10. The molecule has 1 aliphatic rings. The van der Waals surface area contributed by atoms with E-state index in [0.29, 0.717) is 0 Å². The van der Waals surface area contributed by atoms with Crippen LogP contribution in [0, 0.1) is 0 Å². The van der Waals surface area contributed by atoms with Gasteiger partial charge in [-0.1, -0.05) is 20.8 Å². The summed E-state index contributed by atoms with van der Waals surface area (Å²) in [5.74, 6) is 0. The summed E-state index contributed by atoms with van der Waals surface area (Å²) in [7, 11) is 2.02. The first-order chi connectivity index (χ1) is 8.47. The van der Waals surface area contributed by atoms with Gasteiger partial charge < -0.3 is 5.32 Å². The molecule has 0 spiro atoms. The molecular formula is C14H26N4. The third-order valence-corrected chi connectivity index (χ3v) is 3.44. The molecule has 0 aromatic carbocycles. The maximum absolute atomic E-state index is 4.65. The van der Waals surface area contributed by atoms with Gasteiger partial charge in [-0.2, -0.15) is 5.10 Å². The van der Waals surface area contributed by atoms with Crippen molar-refractivity contribution in [2.75, 3.05) is 26.2 Å². The van der Waals surface area contributed by atoms with Crippen LogP contribution in [0.1, 0.15) is 38.4 Å². The van der Waals surface area contributed by atoms with Gasteiger partial charge in [-0.15, -0.1) is 0 Å². The molecular weight excluding hydrogens is 224 g/mol. The monoisotopic (exact) mass is 250 g/mol. The molecule has 0 unspecified atom stereocenters. The van der Waals surface area contributed by atoms with Crippen LogP contribution in [0.25, 0.3) is 0 Å². The minimum absolute atomic E-state index is 0.126. The molecule has 1 fully saturated rings. The number of aryl methyl sites for hydroxylation is 1. The number of nitrogens with one attached hydrogen (secondary N) is 1. The molecule has 1 aromatic rings. The van der Waals surface area contributed by atoms with Crippen molar-refractivity contribution in [1.82, 2.24) is 20.0 Å². The Morgan fingerprint density at radius 2 is 2.06 bits per heavy atom. The predicted molar refractivity (Wildman–Crippen MR) is 74.7 cm³/mol. The van der Waals surface area contributed by atoms with Crippen molar-refractivity contribution < 1.29 is 0 Å². The van der Waals surface area contributed by atoms with Crippen LogP contribution in [-0.2, 0) is 19.0 Å². The van der Waals surface area contributed by atoms with E-state index in [1.54, 1.807) is 0 Å². The molecule has 0 saturated carbocycles. The van der Waals surface area contributed by atoms with Crippen LogP contribution in [0.3, 0.4) is 0 Å². The zero-order chi connectivity index (χ0) is 13.2. The molecule has 2 heterocycles. The molecule has 0 bridgehead atoms. The molecule has 1 saturated heterocycles. The van der Waals surface area contributed by atoms with Crippen molar-refractivity contribution in [3.8, 4) is 0 Å². The number of nitrogens with zero attached hydrogens (tertiary/aromatic N) is 3. The smallest absolute Gasteiger partial charge is 0.0722 e. The fraction of sp³-hybridized carbons (Fsp3) is 0.786. The summed E-state index contributed by atoms with van der Waals surface area (Å²) < 4.78 is 1.95. The average Bonchev–Trinajstić information content (AvgIpc) is 2.49. The molecule has 0 aliphatic carbocycles. The first-order valence-corrected chi connectivity index (χ1v) is 6.93. The first kappa shape index (κ1) is 13.6. The van der Waals surface area contributed by atoms with E-state index < -0.39 is 0 Å². The van der Waals surface area contributed by atoms with Crippen molar-refractivity contribution in [3.63, 3.8) is 0 Å². The van der Waals surface area contributed by atoms with Gasteiger partial charge in [0.1, 0.15) is 0 Å². The topological polar surface area (TPSA) is 33.1 Å². The summed E-state index contributed by atoms with van der Waals surface area (Å²) in [4.78, 5) is 2.53. The minimum Gasteiger partial charge on any atom is -0.315 e. The van der Waals surface area contributed by atoms with Gasteiger partial charge in [0.2, 0.25) is 0 Å². The lowest BCUT2D eigenvalue weighted by atomic mass is 9.89. The molecule has 2 rings (SSSR count). The highest BCUT2D eigenvalue weighted by molar-refractivity contribution is 5.24. The van der Waals surface area contributed by atoms with Crippen molar-refractivity contribution in [1.29, 1.82) is 0 Å². The fourth-order valence-corrected chi connectivity index (χ4v) is 2.59. The van der Waals surface area contributed by atoms with Gasteiger partial charge >= 0.3 is 0 Å². The molecule has 1 N–H and O–H groups in total. The van der Waals surface area contributed by atoms with E-state index >= 15 is 0 Å². The van der Waals surface area contributed by atoms with Gasteiger partial charge in [-0.05, 0) is 19.5 Å². The number of hydrogen-bond donors (Lipinski definition) is 1. The molecule has 0 radical (unpaired) electrons. The van der Waals surface area contributed by atoms with Crippen LogP contribution in [0.4, 0.5) is 0 Å². The van der Waals surface area contributed by atoms with E-state index in [2.05, 4.69) is 42.3 Å². The van der Waals surface area contributed by atoms with Crippen molar-refractivity contribution in [2.45, 2.75) is 39.2 Å². The second-order valence-corrected chi connectivity index (χ2v) is 6.31. The third kappa shape index (κ3) is 3.33. The van der Waals surface area contributed by atoms with Crippen LogP contribution in [0.2, 0.25) is 0 Å². The quantitative estimate of drug-likeness (QED) is 0.864. The van der Waals surface area contributed by atoms with Crippen LogP contribution >= 0.6 is 0 Å². The summed E-state index contributed by atoms with van der Waals surface area (Å²) in [6.07, 6.45) is 3.42. The lowest BCUT2D eigenvalue weighted by Crippen LogP contribution is -2.28. The summed E-state index contributed by atoms with van der Waals surface area (Å²) in [5.41, 5.74) is 2.75. The van der Waals surface area contributed by atoms with Gasteiger partial charge in [0, 0.05) is 43.9 Å². The number of rotatable bonds is 2. The standard InChI is InChI=1S/C14H26N4/c1-14(2,3)13-12(10-17(4)16-13)11-18-8-5-6-15-7-9-18/h10,15H,5-9,11H2,1-4H3. The van der Waals surface area contributed by atoms with E-state index in [9.17, 15) is 0 Å². The first-order valence-electron chi connectivity index (χ1n) is 6.93. The molecule has 0 atom stereocenters. The van der Waals surface area contributed by atoms with Crippen LogP contribution in [0.5, 0.6) is 0 Å². The lowest BCUT2D eigenvalue weighted by Gasteiger charge is -2.22. The second kappa shape index (κ2) is 5.41. The predicted octanol–water partition coefficient (Wildman–Crippen LogP) is 1.51. The number of hydrogen-bond acceptors (Lipinski definition) is 3. The molecule has 0 amide bonds. The highest BCUT2D eigenvalue weighted by atomic mass is 15.3. The maximum atomic E-state index is 4.65. The van der Waals surface area contributed by atoms with Gasteiger partial charge in [0.05, 0.1) is 5.69 Å². The molecule has 4 nitrogen and oxygen atoms in total. The summed E-state index contributed by atoms with van der Waals surface area (Å²) in [6, 6.07) is 0. The lowest BCUT2D eigenvalue weighted by molar-refractivity contribution is 0.282. The summed E-state index contributed by atoms with van der Waals surface area (Å²) in [6.45, 7) is 12.3. The third-order valence-electron chi connectivity index (χ3n) is 3.44. The van der Waals surface area contributed by atoms with E-state index in [1.165, 1.54) is 24.2 Å². The Bertz CT molecular complexity index is 381. The van der Waals surface area contributed by atoms with Crippen LogP contribution in [-0.4, -0.2) is 40.9 Å². The molecule has 1 aliphatic heterocycles. The van der Waals surface area contributed by atoms with Gasteiger partial charge in [-0.25, -0.2) is 0 Å². The van der Waals surface area contributed by atoms with Gasteiger partial charge in [0.15, 0.2) is 0 Å². The zero-order valence-electron chi connectivity index (χ0n) is 12.2. The van der Waals surface area contributed by atoms with Crippen LogP contribution < -0.4 is 5.32 Å². The molecule has 4 heteroatoms. The van der Waals surface area contributed by atoms with Crippen molar-refractivity contribution in [3.05, 3.63) is 17.5 Å². The van der Waals surface area contributed by atoms with E-state index in [0.717, 1.165) is 26.2 Å². The van der Waals surface area contributed by atoms with Gasteiger partial charge in [-0.3, -0.25) is 9.58 Å². The van der Waals surface area contributed by atoms with Crippen molar-refractivity contribution >= 4 is 0 Å².